The highest BCUT2D eigenvalue weighted by molar-refractivity contribution is 5.92. The standard InChI is InChI=1S/C29H49N3O5/c1-9-10-11-12-13-14-17-32(27(35)24(19-33)31-28(36)37-29(6,7)8)25(26(34)30-20(2)3)23-16-15-21(4)18-22(23)5/h15-16,18,20,24-25,33H,9-14,17,19H2,1-8H3,(H,30,34)(H,31,36). The Morgan fingerprint density at radius 1 is 1.00 bits per heavy atom. The minimum absolute atomic E-state index is 0.125. The van der Waals surface area contributed by atoms with Crippen molar-refractivity contribution in [2.24, 2.45) is 0 Å². The Balaban J connectivity index is 3.38. The molecule has 1 aromatic rings. The van der Waals surface area contributed by atoms with Crippen LogP contribution in [0.15, 0.2) is 18.2 Å². The summed E-state index contributed by atoms with van der Waals surface area (Å²) in [6.45, 7) is 14.7. The first-order valence-corrected chi connectivity index (χ1v) is 13.6. The lowest BCUT2D eigenvalue weighted by Gasteiger charge is -2.35. The second-order valence-electron chi connectivity index (χ2n) is 11.1. The molecule has 210 valence electrons. The molecule has 1 aromatic carbocycles. The molecule has 3 amide bonds. The molecule has 2 unspecified atom stereocenters. The zero-order valence-electron chi connectivity index (χ0n) is 24.1. The summed E-state index contributed by atoms with van der Waals surface area (Å²) in [6, 6.07) is 3.52. The first-order chi connectivity index (χ1) is 17.3. The molecule has 0 aromatic heterocycles. The van der Waals surface area contributed by atoms with E-state index in [0.29, 0.717) is 13.0 Å². The third-order valence-electron chi connectivity index (χ3n) is 5.92. The molecule has 0 aliphatic carbocycles. The molecular formula is C29H49N3O5. The predicted molar refractivity (Wildman–Crippen MR) is 147 cm³/mol. The second kappa shape index (κ2) is 15.6. The second-order valence-corrected chi connectivity index (χ2v) is 11.1. The van der Waals surface area contributed by atoms with Gasteiger partial charge >= 0.3 is 6.09 Å². The smallest absolute Gasteiger partial charge is 0.408 e. The van der Waals surface area contributed by atoms with Crippen molar-refractivity contribution in [2.45, 2.75) is 118 Å². The highest BCUT2D eigenvalue weighted by atomic mass is 16.6. The van der Waals surface area contributed by atoms with E-state index in [2.05, 4.69) is 17.6 Å². The molecule has 0 radical (unpaired) electrons. The van der Waals surface area contributed by atoms with Gasteiger partial charge in [-0.3, -0.25) is 9.59 Å². The van der Waals surface area contributed by atoms with Gasteiger partial charge < -0.3 is 25.4 Å². The number of nitrogens with one attached hydrogen (secondary N) is 2. The molecule has 1 rings (SSSR count). The van der Waals surface area contributed by atoms with Gasteiger partial charge in [0.1, 0.15) is 17.7 Å². The number of benzene rings is 1. The minimum Gasteiger partial charge on any atom is -0.444 e. The normalized spacial score (nSPS) is 13.1. The summed E-state index contributed by atoms with van der Waals surface area (Å²) in [5.74, 6) is -0.818. The average Bonchev–Trinajstić information content (AvgIpc) is 2.77. The van der Waals surface area contributed by atoms with Crippen LogP contribution in [-0.4, -0.2) is 58.8 Å². The number of aliphatic hydroxyl groups excluding tert-OH is 1. The zero-order chi connectivity index (χ0) is 28.2. The van der Waals surface area contributed by atoms with Gasteiger partial charge in [0.2, 0.25) is 11.8 Å². The Labute approximate surface area is 223 Å². The Hall–Kier alpha value is -2.61. The summed E-state index contributed by atoms with van der Waals surface area (Å²) >= 11 is 0. The van der Waals surface area contributed by atoms with Gasteiger partial charge in [-0.2, -0.15) is 0 Å². The molecule has 0 bridgehead atoms. The van der Waals surface area contributed by atoms with Crippen LogP contribution >= 0.6 is 0 Å². The maximum atomic E-state index is 13.8. The number of alkyl carbamates (subject to hydrolysis) is 1. The van der Waals surface area contributed by atoms with E-state index in [1.807, 2.05) is 45.9 Å². The van der Waals surface area contributed by atoms with Crippen LogP contribution in [0.25, 0.3) is 0 Å². The molecule has 0 saturated carbocycles. The number of amides is 3. The molecule has 8 heteroatoms. The van der Waals surface area contributed by atoms with Crippen molar-refractivity contribution in [3.63, 3.8) is 0 Å². The maximum absolute atomic E-state index is 13.8. The van der Waals surface area contributed by atoms with Crippen LogP contribution in [0, 0.1) is 13.8 Å². The van der Waals surface area contributed by atoms with Gasteiger partial charge in [-0.25, -0.2) is 4.79 Å². The van der Waals surface area contributed by atoms with Crippen molar-refractivity contribution in [1.82, 2.24) is 15.5 Å². The van der Waals surface area contributed by atoms with Gasteiger partial charge in [-0.15, -0.1) is 0 Å². The van der Waals surface area contributed by atoms with Crippen LogP contribution in [0.1, 0.15) is 103 Å². The number of ether oxygens (including phenoxy) is 1. The van der Waals surface area contributed by atoms with E-state index in [1.54, 1.807) is 20.8 Å². The van der Waals surface area contributed by atoms with E-state index in [4.69, 9.17) is 4.74 Å². The van der Waals surface area contributed by atoms with Crippen LogP contribution in [0.3, 0.4) is 0 Å². The van der Waals surface area contributed by atoms with Gasteiger partial charge in [0.25, 0.3) is 0 Å². The monoisotopic (exact) mass is 519 g/mol. The van der Waals surface area contributed by atoms with Crippen molar-refractivity contribution in [1.29, 1.82) is 0 Å². The third kappa shape index (κ3) is 11.5. The molecule has 0 saturated heterocycles. The summed E-state index contributed by atoms with van der Waals surface area (Å²) in [5, 5.41) is 15.5. The third-order valence-corrected chi connectivity index (χ3v) is 5.92. The van der Waals surface area contributed by atoms with Gasteiger partial charge in [-0.05, 0) is 66.0 Å². The Morgan fingerprint density at radius 2 is 1.62 bits per heavy atom. The largest absolute Gasteiger partial charge is 0.444 e. The fourth-order valence-electron chi connectivity index (χ4n) is 4.21. The van der Waals surface area contributed by atoms with Crippen molar-refractivity contribution in [2.75, 3.05) is 13.2 Å². The fourth-order valence-corrected chi connectivity index (χ4v) is 4.21. The van der Waals surface area contributed by atoms with Crippen molar-refractivity contribution in [3.05, 3.63) is 34.9 Å². The van der Waals surface area contributed by atoms with Crippen molar-refractivity contribution >= 4 is 17.9 Å². The van der Waals surface area contributed by atoms with E-state index >= 15 is 0 Å². The number of hydrogen-bond acceptors (Lipinski definition) is 5. The summed E-state index contributed by atoms with van der Waals surface area (Å²) in [5.41, 5.74) is 1.91. The van der Waals surface area contributed by atoms with Crippen molar-refractivity contribution in [3.8, 4) is 0 Å². The van der Waals surface area contributed by atoms with Gasteiger partial charge in [-0.1, -0.05) is 62.8 Å². The van der Waals surface area contributed by atoms with E-state index in [-0.39, 0.29) is 11.9 Å². The SMILES string of the molecule is CCCCCCCCN(C(=O)C(CO)NC(=O)OC(C)(C)C)C(C(=O)NC(C)C)c1ccc(C)cc1C. The van der Waals surface area contributed by atoms with Crippen LogP contribution in [0.5, 0.6) is 0 Å². The molecule has 3 N–H and O–H groups in total. The van der Waals surface area contributed by atoms with Gasteiger partial charge in [0.05, 0.1) is 6.61 Å². The quantitative estimate of drug-likeness (QED) is 0.302. The topological polar surface area (TPSA) is 108 Å². The summed E-state index contributed by atoms with van der Waals surface area (Å²) in [4.78, 5) is 41.3. The first kappa shape index (κ1) is 32.4. The minimum atomic E-state index is -1.24. The van der Waals surface area contributed by atoms with Crippen LogP contribution < -0.4 is 10.6 Å². The molecular weight excluding hydrogens is 470 g/mol. The van der Waals surface area contributed by atoms with E-state index in [9.17, 15) is 19.5 Å². The average molecular weight is 520 g/mol. The first-order valence-electron chi connectivity index (χ1n) is 13.6. The van der Waals surface area contributed by atoms with Gasteiger partial charge in [0, 0.05) is 12.6 Å². The zero-order valence-corrected chi connectivity index (χ0v) is 24.1. The van der Waals surface area contributed by atoms with Crippen LogP contribution in [-0.2, 0) is 14.3 Å². The van der Waals surface area contributed by atoms with Crippen LogP contribution in [0.4, 0.5) is 4.79 Å². The predicted octanol–water partition coefficient (Wildman–Crippen LogP) is 4.94. The van der Waals surface area contributed by atoms with E-state index in [0.717, 1.165) is 48.8 Å². The summed E-state index contributed by atoms with van der Waals surface area (Å²) in [6.07, 6.45) is 5.30. The molecule has 0 spiro atoms. The fraction of sp³-hybridized carbons (Fsp3) is 0.690. The van der Waals surface area contributed by atoms with Crippen molar-refractivity contribution < 1.29 is 24.2 Å². The highest BCUT2D eigenvalue weighted by Gasteiger charge is 2.36. The number of aliphatic hydroxyl groups is 1. The van der Waals surface area contributed by atoms with Gasteiger partial charge in [0.15, 0.2) is 0 Å². The lowest BCUT2D eigenvalue weighted by Crippen LogP contribution is -2.55. The highest BCUT2D eigenvalue weighted by Crippen LogP contribution is 2.27. The molecule has 8 nitrogen and oxygen atoms in total. The maximum Gasteiger partial charge on any atom is 0.408 e. The lowest BCUT2D eigenvalue weighted by atomic mass is 9.96. The molecule has 0 aliphatic rings. The number of nitrogens with zero attached hydrogens (tertiary/aromatic N) is 1. The Morgan fingerprint density at radius 3 is 2.16 bits per heavy atom. The van der Waals surface area contributed by atoms with E-state index < -0.39 is 36.3 Å². The Kier molecular flexibility index (Phi) is 13.7. The number of hydrogen-bond donors (Lipinski definition) is 3. The summed E-state index contributed by atoms with van der Waals surface area (Å²) < 4.78 is 5.30. The summed E-state index contributed by atoms with van der Waals surface area (Å²) in [7, 11) is 0. The lowest BCUT2D eigenvalue weighted by molar-refractivity contribution is -0.143. The molecule has 0 fully saturated rings. The Bertz CT molecular complexity index is 879. The number of aryl methyl sites for hydroxylation is 2. The number of carbonyl (C=O) groups excluding carboxylic acids is 3. The molecule has 2 atom stereocenters. The van der Waals surface area contributed by atoms with E-state index in [1.165, 1.54) is 4.90 Å². The molecule has 37 heavy (non-hydrogen) atoms. The molecule has 0 aliphatic heterocycles. The number of unbranched alkanes of at least 4 members (excludes halogenated alkanes) is 5. The number of rotatable bonds is 14. The number of carbonyl (C=O) groups is 3. The molecule has 0 heterocycles. The van der Waals surface area contributed by atoms with Crippen LogP contribution in [0.2, 0.25) is 0 Å².